The van der Waals surface area contributed by atoms with Gasteiger partial charge in [-0.3, -0.25) is 28.1 Å². The third-order valence-electron chi connectivity index (χ3n) is 9.65. The molecular weight excluding hydrogens is 987 g/mol. The molecule has 3 heterocycles. The molecule has 0 aliphatic carbocycles. The first-order valence-corrected chi connectivity index (χ1v) is 27.1. The number of nitrogens with zero attached hydrogens (tertiary/aromatic N) is 4. The van der Waals surface area contributed by atoms with Gasteiger partial charge in [0.25, 0.3) is 15.6 Å². The minimum Gasteiger partial charge on any atom is -0.790 e. The zero-order valence-corrected chi connectivity index (χ0v) is 41.8. The lowest BCUT2D eigenvalue weighted by Crippen LogP contribution is -2.46. The molecule has 1 fully saturated rings. The Labute approximate surface area is 404 Å². The van der Waals surface area contributed by atoms with Gasteiger partial charge in [-0.1, -0.05) is 93.3 Å². The normalized spacial score (nSPS) is 20.4. The number of aliphatic hydroxyl groups is 2. The van der Waals surface area contributed by atoms with Gasteiger partial charge in [-0.25, -0.2) is 19.3 Å². The van der Waals surface area contributed by atoms with Crippen LogP contribution in [-0.4, -0.2) is 103 Å². The first-order chi connectivity index (χ1) is 32.6. The summed E-state index contributed by atoms with van der Waals surface area (Å²) in [6, 6.07) is 0. The minimum atomic E-state index is -5.93. The van der Waals surface area contributed by atoms with Gasteiger partial charge in [0.05, 0.1) is 27.4 Å². The molecule has 0 aromatic carbocycles. The maximum Gasteiger partial charge on any atom is 0.274 e. The number of ether oxygens (including phenoxy) is 1. The monoisotopic (exact) mass is 1050 g/mol. The predicted octanol–water partition coefficient (Wildman–Crippen LogP) is 2.06. The van der Waals surface area contributed by atoms with Crippen LogP contribution in [0.3, 0.4) is 0 Å². The van der Waals surface area contributed by atoms with Gasteiger partial charge < -0.3 is 69.0 Å². The molecule has 0 saturated carbocycles. The zero-order chi connectivity index (χ0) is 51.1. The molecule has 0 bridgehead atoms. The molecule has 28 heteroatoms. The Bertz CT molecular complexity index is 2270. The van der Waals surface area contributed by atoms with Gasteiger partial charge in [-0.2, -0.15) is 0 Å². The summed E-state index contributed by atoms with van der Waals surface area (Å²) in [5.41, 5.74) is 4.07. The summed E-state index contributed by atoms with van der Waals surface area (Å²) in [6.07, 6.45) is 20.3. The molecule has 69 heavy (non-hydrogen) atoms. The number of carbonyl (C=O) groups is 3. The predicted molar refractivity (Wildman–Crippen MR) is 247 cm³/mol. The van der Waals surface area contributed by atoms with Crippen molar-refractivity contribution in [3.05, 3.63) is 73.4 Å². The van der Waals surface area contributed by atoms with Crippen LogP contribution in [-0.2, 0) is 50.7 Å². The molecule has 2 unspecified atom stereocenters. The summed E-state index contributed by atoms with van der Waals surface area (Å²) in [6.45, 7) is 2.20. The number of phosphoric ester groups is 3. The number of unbranched alkanes of at least 4 members (excludes halogenated alkanes) is 2. The molecule has 0 spiro atoms. The Morgan fingerprint density at radius 3 is 2.19 bits per heavy atom. The molecule has 1 aliphatic rings. The summed E-state index contributed by atoms with van der Waals surface area (Å²) < 4.78 is 60.8. The van der Waals surface area contributed by atoms with Crippen molar-refractivity contribution < 1.29 is 80.5 Å². The van der Waals surface area contributed by atoms with Crippen LogP contribution in [0.15, 0.2) is 73.4 Å². The largest absolute Gasteiger partial charge is 0.790 e. The number of rotatable bonds is 32. The first-order valence-electron chi connectivity index (χ1n) is 21.8. The Morgan fingerprint density at radius 2 is 1.54 bits per heavy atom. The number of nitrogen functional groups attached to an aromatic ring is 1. The number of phosphoric acid groups is 3. The summed E-state index contributed by atoms with van der Waals surface area (Å²) in [4.78, 5) is 96.8. The number of thioether (sulfide) groups is 1. The van der Waals surface area contributed by atoms with Gasteiger partial charge in [-0.15, -0.1) is 0 Å². The van der Waals surface area contributed by atoms with Crippen LogP contribution in [0, 0.1) is 5.41 Å². The number of nitrogens with two attached hydrogens (primary N) is 1. The summed E-state index contributed by atoms with van der Waals surface area (Å²) in [5, 5.41) is 26.3. The van der Waals surface area contributed by atoms with Crippen molar-refractivity contribution in [3.63, 3.8) is 0 Å². The van der Waals surface area contributed by atoms with Crippen LogP contribution in [0.5, 0.6) is 0 Å². The summed E-state index contributed by atoms with van der Waals surface area (Å²) in [7, 11) is -17.6. The number of imidazole rings is 1. The Kier molecular flexibility index (Phi) is 25.5. The number of fused-ring (bicyclic) bond motifs is 1. The minimum absolute atomic E-state index is 0.0222. The lowest BCUT2D eigenvalue weighted by atomic mass is 9.87. The maximum atomic E-state index is 12.6. The highest BCUT2D eigenvalue weighted by Gasteiger charge is 2.47. The Balaban J connectivity index is 1.31. The van der Waals surface area contributed by atoms with Crippen LogP contribution < -0.4 is 35.9 Å². The van der Waals surface area contributed by atoms with E-state index in [-0.39, 0.29) is 48.0 Å². The topological polar surface area (TPSA) is 375 Å². The number of allylic oxidation sites excluding steroid dienone is 10. The SMILES string of the molecule is CC/C=C\C/C=C\C/C=C\C/C=C\CCC/C=C/CC(=O)SCCNC(=O)CCNC(=O)[C@H](O)C(C)(C)COP(=O)([O-])OP(=O)([O-])OC[C@H]1O[C@@H](n2cnc3c(N)ncnc32)[C@H](O)[C@@H]1OP(=O)([O-])[O-]. The van der Waals surface area contributed by atoms with E-state index in [0.717, 1.165) is 73.9 Å². The van der Waals surface area contributed by atoms with E-state index < -0.39 is 84.6 Å². The number of hydrogen-bond acceptors (Lipinski definition) is 22. The number of carbonyl (C=O) groups excluding carboxylic acids is 3. The maximum absolute atomic E-state index is 12.6. The van der Waals surface area contributed by atoms with E-state index in [1.165, 1.54) is 13.8 Å². The van der Waals surface area contributed by atoms with E-state index in [2.05, 4.69) is 99.0 Å². The van der Waals surface area contributed by atoms with Gasteiger partial charge in [0, 0.05) is 37.1 Å². The van der Waals surface area contributed by atoms with Crippen molar-refractivity contribution in [2.75, 3.05) is 37.8 Å². The van der Waals surface area contributed by atoms with E-state index in [1.807, 2.05) is 12.2 Å². The van der Waals surface area contributed by atoms with Crippen LogP contribution in [0.2, 0.25) is 0 Å². The molecular formula is C41H60N7O17P3S-4. The Hall–Kier alpha value is -3.74. The van der Waals surface area contributed by atoms with Crippen LogP contribution in [0.4, 0.5) is 5.82 Å². The molecule has 7 atom stereocenters. The fourth-order valence-electron chi connectivity index (χ4n) is 6.08. The molecule has 24 nitrogen and oxygen atoms in total. The lowest BCUT2D eigenvalue weighted by Gasteiger charge is -2.36. The van der Waals surface area contributed by atoms with Crippen LogP contribution in [0.25, 0.3) is 11.2 Å². The summed E-state index contributed by atoms with van der Waals surface area (Å²) >= 11 is 1.07. The van der Waals surface area contributed by atoms with Crippen molar-refractivity contribution in [2.24, 2.45) is 5.41 Å². The second-order valence-corrected chi connectivity index (χ2v) is 21.0. The van der Waals surface area contributed by atoms with Crippen LogP contribution >= 0.6 is 35.2 Å². The lowest BCUT2D eigenvalue weighted by molar-refractivity contribution is -0.347. The number of anilines is 1. The number of aromatic nitrogens is 4. The molecule has 2 aromatic rings. The molecule has 386 valence electrons. The number of hydrogen-bond donors (Lipinski definition) is 5. The fourth-order valence-corrected chi connectivity index (χ4v) is 9.46. The van der Waals surface area contributed by atoms with E-state index in [0.29, 0.717) is 5.75 Å². The smallest absolute Gasteiger partial charge is 0.274 e. The third-order valence-corrected chi connectivity index (χ3v) is 13.6. The van der Waals surface area contributed by atoms with Crippen molar-refractivity contribution in [1.82, 2.24) is 30.2 Å². The fraction of sp³-hybridized carbons (Fsp3) is 0.561. The second kappa shape index (κ2) is 29.6. The van der Waals surface area contributed by atoms with E-state index in [9.17, 15) is 57.9 Å². The third kappa shape index (κ3) is 22.5. The molecule has 6 N–H and O–H groups in total. The number of amides is 2. The second-order valence-electron chi connectivity index (χ2n) is 15.8. The van der Waals surface area contributed by atoms with Gasteiger partial charge in [0.2, 0.25) is 11.8 Å². The van der Waals surface area contributed by atoms with Gasteiger partial charge in [0.15, 0.2) is 22.8 Å². The number of aliphatic hydroxyl groups excluding tert-OH is 2. The quantitative estimate of drug-likeness (QED) is 0.0398. The average Bonchev–Trinajstić information content (AvgIpc) is 3.84. The van der Waals surface area contributed by atoms with E-state index in [4.69, 9.17) is 10.5 Å². The van der Waals surface area contributed by atoms with Crippen molar-refractivity contribution in [2.45, 2.75) is 109 Å². The summed E-state index contributed by atoms with van der Waals surface area (Å²) in [5.74, 6) is -1.23. The van der Waals surface area contributed by atoms with Crippen molar-refractivity contribution in [3.8, 4) is 0 Å². The molecule has 1 aliphatic heterocycles. The molecule has 1 saturated heterocycles. The van der Waals surface area contributed by atoms with Gasteiger partial charge in [0.1, 0.15) is 36.3 Å². The highest BCUT2D eigenvalue weighted by Crippen LogP contribution is 2.56. The number of nitrogens with one attached hydrogen (secondary N) is 2. The highest BCUT2D eigenvalue weighted by atomic mass is 32.2. The Morgan fingerprint density at radius 1 is 0.913 bits per heavy atom. The molecule has 3 rings (SSSR count). The molecule has 0 radical (unpaired) electrons. The van der Waals surface area contributed by atoms with Gasteiger partial charge >= 0.3 is 0 Å². The standard InChI is InChI=1S/C41H64N7O17P3S/c1-4-5-6-7-8-9-10-11-12-13-14-15-16-17-18-19-20-21-32(50)69-25-24-43-31(49)22-23-44-39(53)36(52)41(2,3)27-62-68(59,60)65-67(57,58)61-26-30-35(64-66(54,55)56)34(51)40(63-30)48-29-47-33-37(42)45-28-46-38(33)48/h5-6,8-9,11-12,14-15,19-20,28-30,34-36,40,51-52H,4,7,10,13,16-18,21-27H2,1-3H3,(H,43,49)(H,44,53)(H,57,58)(H,59,60)(H2,42,45,46)(H2,54,55,56)/p-4/b6-5-,9-8-,12-11-,15-14-,20-19+/t30-,34-,35-,36+,40-/m1/s1. The van der Waals surface area contributed by atoms with E-state index >= 15 is 0 Å². The van der Waals surface area contributed by atoms with Crippen molar-refractivity contribution >= 4 is 69.1 Å². The molecule has 2 aromatic heterocycles. The van der Waals surface area contributed by atoms with Crippen molar-refractivity contribution in [1.29, 1.82) is 0 Å². The molecule has 2 amide bonds. The first kappa shape index (κ1) is 59.6. The van der Waals surface area contributed by atoms with Crippen LogP contribution in [0.1, 0.15) is 84.8 Å². The highest BCUT2D eigenvalue weighted by molar-refractivity contribution is 8.13. The average molecular weight is 1050 g/mol. The van der Waals surface area contributed by atoms with E-state index in [1.54, 1.807) is 0 Å². The zero-order valence-electron chi connectivity index (χ0n) is 38.3. The van der Waals surface area contributed by atoms with Gasteiger partial charge in [-0.05, 0) is 44.9 Å².